The molecule has 4 heterocycles. The van der Waals surface area contributed by atoms with Crippen molar-refractivity contribution in [2.75, 3.05) is 6.54 Å². The van der Waals surface area contributed by atoms with Crippen molar-refractivity contribution >= 4 is 0 Å². The molecule has 3 atom stereocenters. The van der Waals surface area contributed by atoms with Crippen molar-refractivity contribution in [1.29, 1.82) is 0 Å². The maximum atomic E-state index is 6.20. The maximum Gasteiger partial charge on any atom is 0.245 e. The smallest absolute Gasteiger partial charge is 0.245 e. The highest BCUT2D eigenvalue weighted by atomic mass is 16.5. The van der Waals surface area contributed by atoms with Gasteiger partial charge in [0.15, 0.2) is 0 Å². The van der Waals surface area contributed by atoms with Gasteiger partial charge in [0, 0.05) is 32.1 Å². The molecular weight excluding hydrogens is 284 g/mol. The third-order valence-corrected chi connectivity index (χ3v) is 4.52. The number of rotatable bonds is 3. The second-order valence-electron chi connectivity index (χ2n) is 6.16. The quantitative estimate of drug-likeness (QED) is 0.860. The molecule has 0 aromatic carbocycles. The molecule has 22 heavy (non-hydrogen) atoms. The second kappa shape index (κ2) is 5.48. The first kappa shape index (κ1) is 13.9. The molecule has 0 spiro atoms. The van der Waals surface area contributed by atoms with Crippen LogP contribution in [0.2, 0.25) is 0 Å². The maximum absolute atomic E-state index is 6.20. The Balaban J connectivity index is 1.41. The fourth-order valence-electron chi connectivity index (χ4n) is 3.54. The van der Waals surface area contributed by atoms with E-state index in [1.807, 2.05) is 13.0 Å². The van der Waals surface area contributed by atoms with Crippen LogP contribution in [0.4, 0.5) is 0 Å². The minimum absolute atomic E-state index is 0.0586. The molecule has 0 radical (unpaired) electrons. The second-order valence-corrected chi connectivity index (χ2v) is 6.16. The minimum atomic E-state index is -0.0586. The molecule has 0 unspecified atom stereocenters. The Morgan fingerprint density at radius 1 is 1.23 bits per heavy atom. The highest BCUT2D eigenvalue weighted by Gasteiger charge is 2.41. The molecule has 2 aromatic rings. The van der Waals surface area contributed by atoms with Crippen molar-refractivity contribution in [2.24, 2.45) is 0 Å². The summed E-state index contributed by atoms with van der Waals surface area (Å²) in [6.07, 6.45) is 3.20. The predicted octanol–water partition coefficient (Wildman–Crippen LogP) is 2.17. The van der Waals surface area contributed by atoms with Gasteiger partial charge in [-0.25, -0.2) is 0 Å². The molecule has 2 aliphatic rings. The summed E-state index contributed by atoms with van der Waals surface area (Å²) in [4.78, 5) is 2.44. The number of fused-ring (bicyclic) bond motifs is 1. The van der Waals surface area contributed by atoms with Crippen molar-refractivity contribution in [1.82, 2.24) is 20.3 Å². The first-order valence-electron chi connectivity index (χ1n) is 7.81. The molecule has 2 fully saturated rings. The van der Waals surface area contributed by atoms with E-state index in [2.05, 4.69) is 20.3 Å². The van der Waals surface area contributed by atoms with Gasteiger partial charge < -0.3 is 13.7 Å². The average Bonchev–Trinajstić information content (AvgIpc) is 3.21. The molecule has 2 aromatic heterocycles. The summed E-state index contributed by atoms with van der Waals surface area (Å²) in [5.74, 6) is 2.06. The van der Waals surface area contributed by atoms with Crippen LogP contribution < -0.4 is 0 Å². The zero-order chi connectivity index (χ0) is 15.1. The SMILES string of the molecule is Cc1cc(CN2CC[C@H]3O[C@@H](c4nnc(C)o4)CC[C@H]32)no1. The molecule has 0 aliphatic carbocycles. The number of nitrogens with zero attached hydrogens (tertiary/aromatic N) is 4. The number of ether oxygens (including phenoxy) is 1. The Morgan fingerprint density at radius 3 is 2.86 bits per heavy atom. The molecule has 2 aliphatic heterocycles. The van der Waals surface area contributed by atoms with Crippen molar-refractivity contribution in [2.45, 2.75) is 57.9 Å². The Labute approximate surface area is 128 Å². The summed E-state index contributed by atoms with van der Waals surface area (Å²) in [5, 5.41) is 12.1. The molecule has 0 N–H and O–H groups in total. The van der Waals surface area contributed by atoms with Gasteiger partial charge in [0.1, 0.15) is 11.9 Å². The minimum Gasteiger partial charge on any atom is -0.423 e. The lowest BCUT2D eigenvalue weighted by Gasteiger charge is -2.34. The van der Waals surface area contributed by atoms with E-state index in [0.29, 0.717) is 17.8 Å². The standard InChI is InChI=1S/C15H20N4O3/c1-9-7-11(18-22-9)8-19-6-5-13-12(19)3-4-14(21-13)15-17-16-10(2)20-15/h7,12-14H,3-6,8H2,1-2H3/t12-,13-,14-/m1/s1. The Bertz CT molecular complexity index is 653. The van der Waals surface area contributed by atoms with E-state index in [9.17, 15) is 0 Å². The summed E-state index contributed by atoms with van der Waals surface area (Å²) >= 11 is 0. The Kier molecular flexibility index (Phi) is 3.46. The van der Waals surface area contributed by atoms with Crippen molar-refractivity contribution in [3.05, 3.63) is 29.3 Å². The third kappa shape index (κ3) is 2.55. The van der Waals surface area contributed by atoms with Crippen molar-refractivity contribution in [3.8, 4) is 0 Å². The van der Waals surface area contributed by atoms with E-state index in [1.165, 1.54) is 0 Å². The summed E-state index contributed by atoms with van der Waals surface area (Å²) in [7, 11) is 0. The van der Waals surface area contributed by atoms with Gasteiger partial charge in [0.25, 0.3) is 0 Å². The molecule has 7 nitrogen and oxygen atoms in total. The van der Waals surface area contributed by atoms with Crippen molar-refractivity contribution < 1.29 is 13.7 Å². The fourth-order valence-corrected chi connectivity index (χ4v) is 3.54. The number of hydrogen-bond acceptors (Lipinski definition) is 7. The molecule has 7 heteroatoms. The van der Waals surface area contributed by atoms with Crippen LogP contribution in [-0.4, -0.2) is 38.9 Å². The molecule has 118 valence electrons. The number of likely N-dealkylation sites (tertiary alicyclic amines) is 1. The third-order valence-electron chi connectivity index (χ3n) is 4.52. The summed E-state index contributed by atoms with van der Waals surface area (Å²) in [6.45, 7) is 5.58. The van der Waals surface area contributed by atoms with E-state index in [1.54, 1.807) is 6.92 Å². The zero-order valence-electron chi connectivity index (χ0n) is 12.9. The van der Waals surface area contributed by atoms with E-state index >= 15 is 0 Å². The first-order valence-corrected chi connectivity index (χ1v) is 7.81. The topological polar surface area (TPSA) is 77.4 Å². The van der Waals surface area contributed by atoms with Crippen molar-refractivity contribution in [3.63, 3.8) is 0 Å². The molecular formula is C15H20N4O3. The van der Waals surface area contributed by atoms with Crippen LogP contribution in [0.15, 0.2) is 15.0 Å². The van der Waals surface area contributed by atoms with Crippen LogP contribution in [0.25, 0.3) is 0 Å². The largest absolute Gasteiger partial charge is 0.423 e. The Hall–Kier alpha value is -1.73. The summed E-state index contributed by atoms with van der Waals surface area (Å²) in [5.41, 5.74) is 0.993. The van der Waals surface area contributed by atoms with Gasteiger partial charge in [0.2, 0.25) is 11.8 Å². The monoisotopic (exact) mass is 304 g/mol. The lowest BCUT2D eigenvalue weighted by Crippen LogP contribution is -2.40. The van der Waals surface area contributed by atoms with Gasteiger partial charge in [-0.15, -0.1) is 10.2 Å². The first-order chi connectivity index (χ1) is 10.7. The van der Waals surface area contributed by atoms with Gasteiger partial charge in [-0.05, 0) is 26.2 Å². The highest BCUT2D eigenvalue weighted by Crippen LogP contribution is 2.38. The van der Waals surface area contributed by atoms with Crippen LogP contribution in [-0.2, 0) is 11.3 Å². The van der Waals surface area contributed by atoms with Crippen LogP contribution >= 0.6 is 0 Å². The molecule has 2 saturated heterocycles. The number of aryl methyl sites for hydroxylation is 2. The Morgan fingerprint density at radius 2 is 2.14 bits per heavy atom. The van der Waals surface area contributed by atoms with E-state index in [4.69, 9.17) is 13.7 Å². The van der Waals surface area contributed by atoms with Gasteiger partial charge in [-0.3, -0.25) is 4.90 Å². The van der Waals surface area contributed by atoms with E-state index < -0.39 is 0 Å². The van der Waals surface area contributed by atoms with E-state index in [0.717, 1.165) is 43.8 Å². The van der Waals surface area contributed by atoms with Crippen LogP contribution in [0.1, 0.15) is 48.6 Å². The fraction of sp³-hybridized carbons (Fsp3) is 0.667. The lowest BCUT2D eigenvalue weighted by atomic mass is 9.99. The van der Waals surface area contributed by atoms with Crippen LogP contribution in [0.3, 0.4) is 0 Å². The van der Waals surface area contributed by atoms with Gasteiger partial charge in [-0.2, -0.15) is 0 Å². The highest BCUT2D eigenvalue weighted by molar-refractivity contribution is 5.05. The molecule has 0 amide bonds. The van der Waals surface area contributed by atoms with Gasteiger partial charge >= 0.3 is 0 Å². The van der Waals surface area contributed by atoms with Crippen LogP contribution in [0.5, 0.6) is 0 Å². The number of aromatic nitrogens is 3. The van der Waals surface area contributed by atoms with Crippen LogP contribution in [0, 0.1) is 13.8 Å². The predicted molar refractivity (Wildman–Crippen MR) is 75.9 cm³/mol. The molecule has 0 bridgehead atoms. The zero-order valence-corrected chi connectivity index (χ0v) is 12.9. The number of hydrogen-bond donors (Lipinski definition) is 0. The molecule has 0 saturated carbocycles. The lowest BCUT2D eigenvalue weighted by molar-refractivity contribution is -0.0819. The van der Waals surface area contributed by atoms with E-state index in [-0.39, 0.29) is 12.2 Å². The normalized spacial score (nSPS) is 28.9. The van der Waals surface area contributed by atoms with Gasteiger partial charge in [0.05, 0.1) is 11.8 Å². The summed E-state index contributed by atoms with van der Waals surface area (Å²) < 4.78 is 16.9. The summed E-state index contributed by atoms with van der Waals surface area (Å²) in [6, 6.07) is 2.44. The van der Waals surface area contributed by atoms with Gasteiger partial charge in [-0.1, -0.05) is 5.16 Å². The average molecular weight is 304 g/mol. The molecule has 4 rings (SSSR count).